The molecule has 0 radical (unpaired) electrons. The molecule has 4 rings (SSSR count). The Hall–Kier alpha value is -2.56. The molecule has 1 amide bonds. The molecular weight excluding hydrogens is 304 g/mol. The number of aromatic nitrogens is 1. The van der Waals surface area contributed by atoms with Gasteiger partial charge in [0.2, 0.25) is 5.71 Å². The normalized spacial score (nSPS) is 15.6. The van der Waals surface area contributed by atoms with Crippen LogP contribution in [0.1, 0.15) is 36.2 Å². The largest absolute Gasteiger partial charge is 0.497 e. The number of furan rings is 1. The number of rotatable bonds is 2. The number of fused-ring (bicyclic) bond motifs is 2. The van der Waals surface area contributed by atoms with Gasteiger partial charge in [-0.05, 0) is 43.2 Å². The van der Waals surface area contributed by atoms with E-state index in [1.165, 1.54) is 12.8 Å². The zero-order valence-electron chi connectivity index (χ0n) is 13.7. The molecule has 0 aliphatic carbocycles. The molecule has 2 aromatic heterocycles. The van der Waals surface area contributed by atoms with E-state index < -0.39 is 0 Å². The summed E-state index contributed by atoms with van der Waals surface area (Å²) in [6.07, 6.45) is 4.51. The molecule has 0 saturated carbocycles. The van der Waals surface area contributed by atoms with Crippen LogP contribution in [0.15, 0.2) is 34.7 Å². The van der Waals surface area contributed by atoms with E-state index in [4.69, 9.17) is 9.15 Å². The molecule has 1 fully saturated rings. The highest BCUT2D eigenvalue weighted by Crippen LogP contribution is 2.26. The molecule has 0 unspecified atom stereocenters. The number of carbonyl (C=O) groups is 1. The van der Waals surface area contributed by atoms with Gasteiger partial charge in [0.15, 0.2) is 5.76 Å². The molecule has 24 heavy (non-hydrogen) atoms. The first-order valence-electron chi connectivity index (χ1n) is 8.42. The van der Waals surface area contributed by atoms with Crippen LogP contribution < -0.4 is 4.74 Å². The Morgan fingerprint density at radius 1 is 1.08 bits per heavy atom. The quantitative estimate of drug-likeness (QED) is 0.715. The molecule has 1 aliphatic rings. The first-order chi connectivity index (χ1) is 11.7. The number of amides is 1. The fourth-order valence-corrected chi connectivity index (χ4v) is 3.28. The van der Waals surface area contributed by atoms with E-state index in [1.54, 1.807) is 13.2 Å². The van der Waals surface area contributed by atoms with E-state index in [9.17, 15) is 4.79 Å². The monoisotopic (exact) mass is 324 g/mol. The summed E-state index contributed by atoms with van der Waals surface area (Å²) in [6.45, 7) is 1.62. The maximum Gasteiger partial charge on any atom is 0.289 e. The zero-order chi connectivity index (χ0) is 16.5. The fourth-order valence-electron chi connectivity index (χ4n) is 3.28. The van der Waals surface area contributed by atoms with Crippen molar-refractivity contribution in [3.05, 3.63) is 36.1 Å². The van der Waals surface area contributed by atoms with Crippen LogP contribution in [0.4, 0.5) is 0 Å². The molecule has 0 spiro atoms. The summed E-state index contributed by atoms with van der Waals surface area (Å²) in [4.78, 5) is 19.1. The number of pyridine rings is 1. The average Bonchev–Trinajstić information content (AvgIpc) is 2.82. The Morgan fingerprint density at radius 2 is 1.88 bits per heavy atom. The molecule has 5 nitrogen and oxygen atoms in total. The van der Waals surface area contributed by atoms with Crippen molar-refractivity contribution in [1.82, 2.24) is 9.88 Å². The minimum absolute atomic E-state index is 0.0310. The van der Waals surface area contributed by atoms with Crippen LogP contribution in [0.2, 0.25) is 0 Å². The Bertz CT molecular complexity index is 892. The number of ether oxygens (including phenoxy) is 1. The van der Waals surface area contributed by atoms with Crippen LogP contribution in [-0.4, -0.2) is 36.0 Å². The second kappa shape index (κ2) is 6.15. The van der Waals surface area contributed by atoms with Gasteiger partial charge >= 0.3 is 0 Å². The lowest BCUT2D eigenvalue weighted by Crippen LogP contribution is -2.31. The van der Waals surface area contributed by atoms with Crippen LogP contribution in [0.5, 0.6) is 5.75 Å². The third-order valence-electron chi connectivity index (χ3n) is 4.61. The summed E-state index contributed by atoms with van der Waals surface area (Å²) < 4.78 is 11.0. The second-order valence-electron chi connectivity index (χ2n) is 6.26. The lowest BCUT2D eigenvalue weighted by Gasteiger charge is -2.18. The predicted molar refractivity (Wildman–Crippen MR) is 92.4 cm³/mol. The number of hydrogen-bond donors (Lipinski definition) is 0. The number of nitrogens with zero attached hydrogens (tertiary/aromatic N) is 2. The minimum atomic E-state index is -0.0310. The molecule has 0 bridgehead atoms. The summed E-state index contributed by atoms with van der Waals surface area (Å²) in [6, 6.07) is 9.49. The Balaban J connectivity index is 1.71. The highest BCUT2D eigenvalue weighted by atomic mass is 16.5. The lowest BCUT2D eigenvalue weighted by atomic mass is 10.2. The highest BCUT2D eigenvalue weighted by molar-refractivity contribution is 5.98. The van der Waals surface area contributed by atoms with Gasteiger partial charge in [-0.25, -0.2) is 4.98 Å². The molecule has 124 valence electrons. The molecule has 3 aromatic rings. The predicted octanol–water partition coefficient (Wildman–Crippen LogP) is 4.01. The van der Waals surface area contributed by atoms with Gasteiger partial charge in [-0.2, -0.15) is 0 Å². The van der Waals surface area contributed by atoms with Crippen molar-refractivity contribution in [3.63, 3.8) is 0 Å². The lowest BCUT2D eigenvalue weighted by molar-refractivity contribution is 0.0732. The summed E-state index contributed by atoms with van der Waals surface area (Å²) in [5, 5.41) is 1.81. The van der Waals surface area contributed by atoms with Crippen molar-refractivity contribution >= 4 is 27.9 Å². The molecule has 3 heterocycles. The maximum absolute atomic E-state index is 12.7. The van der Waals surface area contributed by atoms with Gasteiger partial charge in [-0.3, -0.25) is 4.79 Å². The zero-order valence-corrected chi connectivity index (χ0v) is 13.7. The van der Waals surface area contributed by atoms with E-state index in [-0.39, 0.29) is 5.91 Å². The van der Waals surface area contributed by atoms with Gasteiger partial charge in [-0.1, -0.05) is 12.8 Å². The number of benzene rings is 1. The molecule has 0 atom stereocenters. The van der Waals surface area contributed by atoms with Crippen LogP contribution in [0.3, 0.4) is 0 Å². The van der Waals surface area contributed by atoms with Gasteiger partial charge in [0.25, 0.3) is 5.91 Å². The van der Waals surface area contributed by atoms with Gasteiger partial charge in [0.05, 0.1) is 12.6 Å². The molecule has 5 heteroatoms. The van der Waals surface area contributed by atoms with Gasteiger partial charge in [0, 0.05) is 23.9 Å². The molecule has 0 N–H and O–H groups in total. The maximum atomic E-state index is 12.7. The van der Waals surface area contributed by atoms with E-state index in [2.05, 4.69) is 4.98 Å². The van der Waals surface area contributed by atoms with Gasteiger partial charge in [-0.15, -0.1) is 0 Å². The second-order valence-corrected chi connectivity index (χ2v) is 6.26. The minimum Gasteiger partial charge on any atom is -0.497 e. The van der Waals surface area contributed by atoms with E-state index in [0.29, 0.717) is 11.5 Å². The first kappa shape index (κ1) is 15.0. The average molecular weight is 324 g/mol. The van der Waals surface area contributed by atoms with Crippen LogP contribution in [-0.2, 0) is 0 Å². The molecule has 1 aliphatic heterocycles. The fraction of sp³-hybridized carbons (Fsp3) is 0.368. The Labute approximate surface area is 140 Å². The van der Waals surface area contributed by atoms with Gasteiger partial charge in [0.1, 0.15) is 5.75 Å². The van der Waals surface area contributed by atoms with Crippen LogP contribution in [0.25, 0.3) is 22.0 Å². The topological polar surface area (TPSA) is 55.6 Å². The molecule has 1 saturated heterocycles. The Morgan fingerprint density at radius 3 is 2.62 bits per heavy atom. The molecule has 1 aromatic carbocycles. The third-order valence-corrected chi connectivity index (χ3v) is 4.61. The number of hydrogen-bond acceptors (Lipinski definition) is 4. The first-order valence-corrected chi connectivity index (χ1v) is 8.42. The van der Waals surface area contributed by atoms with E-state index >= 15 is 0 Å². The van der Waals surface area contributed by atoms with Crippen molar-refractivity contribution in [2.45, 2.75) is 25.7 Å². The van der Waals surface area contributed by atoms with Crippen molar-refractivity contribution in [2.24, 2.45) is 0 Å². The smallest absolute Gasteiger partial charge is 0.289 e. The van der Waals surface area contributed by atoms with Crippen molar-refractivity contribution in [1.29, 1.82) is 0 Å². The SMILES string of the molecule is COc1ccc2nc3oc(C(=O)N4CCCCCC4)cc3cc2c1. The number of likely N-dealkylation sites (tertiary alicyclic amines) is 1. The van der Waals surface area contributed by atoms with Crippen LogP contribution in [0, 0.1) is 0 Å². The molecular formula is C19H20N2O3. The van der Waals surface area contributed by atoms with Crippen molar-refractivity contribution in [3.8, 4) is 5.75 Å². The standard InChI is InChI=1S/C19H20N2O3/c1-23-15-6-7-16-13(11-15)10-14-12-17(24-18(14)20-16)19(22)21-8-4-2-3-5-9-21/h6-7,10-12H,2-5,8-9H2,1H3. The van der Waals surface area contributed by atoms with E-state index in [1.807, 2.05) is 29.2 Å². The van der Waals surface area contributed by atoms with Crippen LogP contribution >= 0.6 is 0 Å². The van der Waals surface area contributed by atoms with E-state index in [0.717, 1.165) is 48.0 Å². The number of methoxy groups -OCH3 is 1. The summed E-state index contributed by atoms with van der Waals surface area (Å²) in [5.74, 6) is 1.13. The third kappa shape index (κ3) is 2.70. The summed E-state index contributed by atoms with van der Waals surface area (Å²) in [7, 11) is 1.64. The van der Waals surface area contributed by atoms with Gasteiger partial charge < -0.3 is 14.1 Å². The van der Waals surface area contributed by atoms with Crippen molar-refractivity contribution < 1.29 is 13.9 Å². The Kier molecular flexibility index (Phi) is 3.84. The summed E-state index contributed by atoms with van der Waals surface area (Å²) >= 11 is 0. The van der Waals surface area contributed by atoms with Crippen molar-refractivity contribution in [2.75, 3.05) is 20.2 Å². The summed E-state index contributed by atoms with van der Waals surface area (Å²) in [5.41, 5.74) is 1.33. The number of carbonyl (C=O) groups excluding carboxylic acids is 1. The highest BCUT2D eigenvalue weighted by Gasteiger charge is 2.21.